The standard InChI is InChI=1S/C14H18N2/c1-16(14-9-10-15-12-14)11-5-8-13-6-3-2-4-7-13/h2-4,6-7,14-15H,9-12H2,1H3. The third kappa shape index (κ3) is 3.10. The van der Waals surface area contributed by atoms with Gasteiger partial charge in [0, 0.05) is 18.2 Å². The van der Waals surface area contributed by atoms with Gasteiger partial charge in [0.2, 0.25) is 0 Å². The van der Waals surface area contributed by atoms with Crippen molar-refractivity contribution in [2.24, 2.45) is 0 Å². The summed E-state index contributed by atoms with van der Waals surface area (Å²) in [5, 5.41) is 3.37. The highest BCUT2D eigenvalue weighted by molar-refractivity contribution is 5.33. The molecule has 0 aromatic heterocycles. The van der Waals surface area contributed by atoms with Crippen LogP contribution < -0.4 is 5.32 Å². The zero-order valence-corrected chi connectivity index (χ0v) is 9.74. The predicted octanol–water partition coefficient (Wildman–Crippen LogP) is 1.33. The first-order valence-corrected chi connectivity index (χ1v) is 5.81. The van der Waals surface area contributed by atoms with Gasteiger partial charge in [-0.15, -0.1) is 0 Å². The summed E-state index contributed by atoms with van der Waals surface area (Å²) < 4.78 is 0. The number of benzene rings is 1. The quantitative estimate of drug-likeness (QED) is 0.747. The van der Waals surface area contributed by atoms with Crippen LogP contribution in [0.5, 0.6) is 0 Å². The summed E-state index contributed by atoms with van der Waals surface area (Å²) in [6.45, 7) is 3.09. The summed E-state index contributed by atoms with van der Waals surface area (Å²) in [6, 6.07) is 10.8. The summed E-state index contributed by atoms with van der Waals surface area (Å²) >= 11 is 0. The summed E-state index contributed by atoms with van der Waals surface area (Å²) in [6.07, 6.45) is 1.24. The summed E-state index contributed by atoms with van der Waals surface area (Å²) in [5.41, 5.74) is 1.10. The lowest BCUT2D eigenvalue weighted by Crippen LogP contribution is -2.33. The van der Waals surface area contributed by atoms with Crippen LogP contribution in [0.3, 0.4) is 0 Å². The van der Waals surface area contributed by atoms with Gasteiger partial charge in [0.1, 0.15) is 0 Å². The molecule has 2 heteroatoms. The van der Waals surface area contributed by atoms with Crippen molar-refractivity contribution < 1.29 is 0 Å². The third-order valence-electron chi connectivity index (χ3n) is 2.99. The Balaban J connectivity index is 1.85. The zero-order chi connectivity index (χ0) is 11.2. The smallest absolute Gasteiger partial charge is 0.0605 e. The Hall–Kier alpha value is -1.30. The van der Waals surface area contributed by atoms with E-state index in [1.807, 2.05) is 30.3 Å². The van der Waals surface area contributed by atoms with E-state index in [4.69, 9.17) is 0 Å². The van der Waals surface area contributed by atoms with E-state index < -0.39 is 0 Å². The van der Waals surface area contributed by atoms with Crippen molar-refractivity contribution in [3.63, 3.8) is 0 Å². The van der Waals surface area contributed by atoms with Crippen LogP contribution in [0.25, 0.3) is 0 Å². The number of nitrogens with zero attached hydrogens (tertiary/aromatic N) is 1. The Bertz CT molecular complexity index is 369. The monoisotopic (exact) mass is 214 g/mol. The minimum Gasteiger partial charge on any atom is -0.315 e. The van der Waals surface area contributed by atoms with E-state index in [0.717, 1.165) is 25.2 Å². The highest BCUT2D eigenvalue weighted by atomic mass is 15.2. The van der Waals surface area contributed by atoms with Crippen LogP contribution in [0.1, 0.15) is 12.0 Å². The molecular weight excluding hydrogens is 196 g/mol. The van der Waals surface area contributed by atoms with Gasteiger partial charge in [0.05, 0.1) is 6.54 Å². The van der Waals surface area contributed by atoms with Gasteiger partial charge in [-0.05, 0) is 32.1 Å². The van der Waals surface area contributed by atoms with Crippen LogP contribution in [0.4, 0.5) is 0 Å². The molecule has 1 atom stereocenters. The van der Waals surface area contributed by atoms with Gasteiger partial charge < -0.3 is 5.32 Å². The molecule has 1 aliphatic heterocycles. The van der Waals surface area contributed by atoms with Crippen molar-refractivity contribution in [3.05, 3.63) is 35.9 Å². The van der Waals surface area contributed by atoms with Crippen LogP contribution in [-0.4, -0.2) is 37.6 Å². The second-order valence-electron chi connectivity index (χ2n) is 4.23. The van der Waals surface area contributed by atoms with Crippen molar-refractivity contribution in [1.82, 2.24) is 10.2 Å². The topological polar surface area (TPSA) is 15.3 Å². The molecule has 2 nitrogen and oxygen atoms in total. The second kappa shape index (κ2) is 5.69. The fourth-order valence-corrected chi connectivity index (χ4v) is 1.93. The van der Waals surface area contributed by atoms with Gasteiger partial charge in [0.15, 0.2) is 0 Å². The van der Waals surface area contributed by atoms with E-state index in [0.29, 0.717) is 6.04 Å². The molecule has 1 fully saturated rings. The molecule has 0 spiro atoms. The van der Waals surface area contributed by atoms with Gasteiger partial charge in [-0.25, -0.2) is 0 Å². The average Bonchev–Trinajstić information content (AvgIpc) is 2.84. The Morgan fingerprint density at radius 2 is 2.19 bits per heavy atom. The number of rotatable bonds is 2. The highest BCUT2D eigenvalue weighted by Gasteiger charge is 2.17. The lowest BCUT2D eigenvalue weighted by molar-refractivity contribution is 0.288. The molecule has 0 saturated carbocycles. The molecule has 1 aliphatic rings. The largest absolute Gasteiger partial charge is 0.315 e. The molecule has 0 radical (unpaired) electrons. The molecule has 2 rings (SSSR count). The minimum absolute atomic E-state index is 0.657. The Kier molecular flexibility index (Phi) is 3.98. The van der Waals surface area contributed by atoms with Crippen LogP contribution in [-0.2, 0) is 0 Å². The molecule has 0 amide bonds. The minimum atomic E-state index is 0.657. The summed E-state index contributed by atoms with van der Waals surface area (Å²) in [7, 11) is 2.15. The van der Waals surface area contributed by atoms with Crippen molar-refractivity contribution >= 4 is 0 Å². The summed E-state index contributed by atoms with van der Waals surface area (Å²) in [4.78, 5) is 2.33. The van der Waals surface area contributed by atoms with E-state index in [1.165, 1.54) is 6.42 Å². The van der Waals surface area contributed by atoms with Gasteiger partial charge in [0.25, 0.3) is 0 Å². The van der Waals surface area contributed by atoms with Crippen LogP contribution in [0.2, 0.25) is 0 Å². The molecule has 1 aromatic rings. The first-order valence-electron chi connectivity index (χ1n) is 5.81. The van der Waals surface area contributed by atoms with E-state index >= 15 is 0 Å². The first kappa shape index (κ1) is 11.2. The number of likely N-dealkylation sites (N-methyl/N-ethyl adjacent to an activating group) is 1. The average molecular weight is 214 g/mol. The second-order valence-corrected chi connectivity index (χ2v) is 4.23. The van der Waals surface area contributed by atoms with Crippen LogP contribution >= 0.6 is 0 Å². The molecule has 0 aliphatic carbocycles. The fourth-order valence-electron chi connectivity index (χ4n) is 1.93. The van der Waals surface area contributed by atoms with Gasteiger partial charge in [-0.1, -0.05) is 30.0 Å². The highest BCUT2D eigenvalue weighted by Crippen LogP contribution is 2.04. The molecule has 1 heterocycles. The van der Waals surface area contributed by atoms with E-state index in [2.05, 4.69) is 29.1 Å². The SMILES string of the molecule is CN(CC#Cc1ccccc1)C1CCNC1. The Morgan fingerprint density at radius 1 is 1.38 bits per heavy atom. The normalized spacial score (nSPS) is 19.5. The molecule has 16 heavy (non-hydrogen) atoms. The molecule has 84 valence electrons. The predicted molar refractivity (Wildman–Crippen MR) is 67.2 cm³/mol. The van der Waals surface area contributed by atoms with Crippen molar-refractivity contribution in [1.29, 1.82) is 0 Å². The van der Waals surface area contributed by atoms with Gasteiger partial charge in [-0.3, -0.25) is 4.90 Å². The number of hydrogen-bond donors (Lipinski definition) is 1. The number of nitrogens with one attached hydrogen (secondary N) is 1. The van der Waals surface area contributed by atoms with Gasteiger partial charge in [-0.2, -0.15) is 0 Å². The molecule has 0 bridgehead atoms. The Labute approximate surface area is 97.7 Å². The van der Waals surface area contributed by atoms with E-state index in [1.54, 1.807) is 0 Å². The zero-order valence-electron chi connectivity index (χ0n) is 9.74. The molecular formula is C14H18N2. The van der Waals surface area contributed by atoms with E-state index in [9.17, 15) is 0 Å². The maximum atomic E-state index is 3.37. The van der Waals surface area contributed by atoms with Crippen molar-refractivity contribution in [3.8, 4) is 11.8 Å². The third-order valence-corrected chi connectivity index (χ3v) is 2.99. The molecule has 1 unspecified atom stereocenters. The first-order chi connectivity index (χ1) is 7.86. The van der Waals surface area contributed by atoms with Crippen LogP contribution in [0.15, 0.2) is 30.3 Å². The lowest BCUT2D eigenvalue weighted by Gasteiger charge is -2.20. The molecule has 1 aromatic carbocycles. The number of hydrogen-bond acceptors (Lipinski definition) is 2. The maximum Gasteiger partial charge on any atom is 0.0605 e. The summed E-state index contributed by atoms with van der Waals surface area (Å²) in [5.74, 6) is 6.41. The van der Waals surface area contributed by atoms with Crippen molar-refractivity contribution in [2.75, 3.05) is 26.7 Å². The maximum absolute atomic E-state index is 3.37. The van der Waals surface area contributed by atoms with Crippen molar-refractivity contribution in [2.45, 2.75) is 12.5 Å². The van der Waals surface area contributed by atoms with E-state index in [-0.39, 0.29) is 0 Å². The lowest BCUT2D eigenvalue weighted by atomic mass is 10.2. The van der Waals surface area contributed by atoms with Crippen LogP contribution in [0, 0.1) is 11.8 Å². The fraction of sp³-hybridized carbons (Fsp3) is 0.429. The Morgan fingerprint density at radius 3 is 2.88 bits per heavy atom. The molecule has 1 saturated heterocycles. The molecule has 1 N–H and O–H groups in total. The van der Waals surface area contributed by atoms with Gasteiger partial charge >= 0.3 is 0 Å².